The molecule has 0 bridgehead atoms. The van der Waals surface area contributed by atoms with Crippen molar-refractivity contribution in [2.75, 3.05) is 19.1 Å². The Labute approximate surface area is 113 Å². The zero-order chi connectivity index (χ0) is 13.8. The summed E-state index contributed by atoms with van der Waals surface area (Å²) in [6.45, 7) is 2.65. The largest absolute Gasteiger partial charge is 0.496 e. The van der Waals surface area contributed by atoms with Gasteiger partial charge in [-0.3, -0.25) is 0 Å². The van der Waals surface area contributed by atoms with Crippen LogP contribution in [-0.4, -0.2) is 14.2 Å². The molecule has 0 aliphatic rings. The zero-order valence-corrected chi connectivity index (χ0v) is 11.6. The van der Waals surface area contributed by atoms with E-state index in [4.69, 9.17) is 14.9 Å². The summed E-state index contributed by atoms with van der Waals surface area (Å²) in [7, 11) is 3.68. The zero-order valence-electron chi connectivity index (χ0n) is 11.6. The molecule has 2 aromatic rings. The van der Waals surface area contributed by atoms with E-state index < -0.39 is 0 Å². The van der Waals surface area contributed by atoms with Gasteiger partial charge in [0.25, 0.3) is 0 Å². The molecule has 0 saturated carbocycles. The monoisotopic (exact) mass is 260 g/mol. The van der Waals surface area contributed by atoms with Crippen molar-refractivity contribution in [1.29, 1.82) is 0 Å². The molecule has 4 heteroatoms. The van der Waals surface area contributed by atoms with Crippen molar-refractivity contribution >= 4 is 5.69 Å². The van der Waals surface area contributed by atoms with Gasteiger partial charge in [0.1, 0.15) is 11.5 Å². The first-order valence-electron chi connectivity index (χ1n) is 6.29. The lowest BCUT2D eigenvalue weighted by Crippen LogP contribution is -2.20. The van der Waals surface area contributed by atoms with Gasteiger partial charge in [-0.2, -0.15) is 0 Å². The molecule has 19 heavy (non-hydrogen) atoms. The van der Waals surface area contributed by atoms with E-state index in [9.17, 15) is 0 Å². The smallest absolute Gasteiger partial charge is 0.125 e. The molecule has 0 amide bonds. The average molecular weight is 260 g/mol. The Morgan fingerprint density at radius 2 is 2.11 bits per heavy atom. The molecule has 102 valence electrons. The van der Waals surface area contributed by atoms with Gasteiger partial charge in [-0.25, -0.2) is 0 Å². The molecule has 1 aromatic heterocycles. The Kier molecular flexibility index (Phi) is 4.12. The lowest BCUT2D eigenvalue weighted by Gasteiger charge is -2.24. The molecule has 0 aliphatic heterocycles. The van der Waals surface area contributed by atoms with Crippen molar-refractivity contribution in [3.63, 3.8) is 0 Å². The predicted molar refractivity (Wildman–Crippen MR) is 76.4 cm³/mol. The Morgan fingerprint density at radius 1 is 1.32 bits per heavy atom. The van der Waals surface area contributed by atoms with E-state index in [0.29, 0.717) is 6.54 Å². The van der Waals surface area contributed by atoms with Gasteiger partial charge in [-0.1, -0.05) is 6.07 Å². The molecule has 0 unspecified atom stereocenters. The van der Waals surface area contributed by atoms with Crippen molar-refractivity contribution in [2.45, 2.75) is 19.5 Å². The topological polar surface area (TPSA) is 51.6 Å². The lowest BCUT2D eigenvalue weighted by molar-refractivity contribution is 0.407. The highest BCUT2D eigenvalue weighted by Gasteiger charge is 2.16. The maximum absolute atomic E-state index is 6.07. The van der Waals surface area contributed by atoms with Crippen LogP contribution in [0.25, 0.3) is 0 Å². The molecule has 0 fully saturated rings. The summed E-state index contributed by atoms with van der Waals surface area (Å²) >= 11 is 0. The normalized spacial score (nSPS) is 12.2. The second-order valence-corrected chi connectivity index (χ2v) is 4.62. The summed E-state index contributed by atoms with van der Waals surface area (Å²) in [4.78, 5) is 2.11. The maximum Gasteiger partial charge on any atom is 0.125 e. The summed E-state index contributed by atoms with van der Waals surface area (Å²) in [6, 6.07) is 9.71. The van der Waals surface area contributed by atoms with E-state index in [1.165, 1.54) is 0 Å². The van der Waals surface area contributed by atoms with E-state index in [1.807, 2.05) is 44.3 Å². The minimum Gasteiger partial charge on any atom is -0.496 e. The number of hydrogen-bond acceptors (Lipinski definition) is 4. The predicted octanol–water partition coefficient (Wildman–Crippen LogP) is 2.94. The molecule has 0 radical (unpaired) electrons. The molecule has 0 spiro atoms. The molecule has 2 N–H and O–H groups in total. The van der Waals surface area contributed by atoms with Crippen LogP contribution in [0.5, 0.6) is 5.75 Å². The van der Waals surface area contributed by atoms with Gasteiger partial charge < -0.3 is 19.8 Å². The summed E-state index contributed by atoms with van der Waals surface area (Å²) in [5.41, 5.74) is 8.15. The van der Waals surface area contributed by atoms with Crippen molar-refractivity contribution in [3.8, 4) is 5.75 Å². The number of benzene rings is 1. The van der Waals surface area contributed by atoms with E-state index in [1.54, 1.807) is 13.4 Å². The third kappa shape index (κ3) is 2.90. The first-order valence-corrected chi connectivity index (χ1v) is 6.29. The number of anilines is 1. The maximum atomic E-state index is 6.07. The van der Waals surface area contributed by atoms with E-state index in [2.05, 4.69) is 4.90 Å². The molecule has 1 aromatic carbocycles. The standard InChI is InChI=1S/C15H20N2O2/c1-11(16)15-13(7-4-8-14(15)18-3)17(2)10-12-6-5-9-19-12/h4-9,11H,10,16H2,1-3H3/t11-/m1/s1. The van der Waals surface area contributed by atoms with Gasteiger partial charge >= 0.3 is 0 Å². The second-order valence-electron chi connectivity index (χ2n) is 4.62. The number of methoxy groups -OCH3 is 1. The molecule has 0 aliphatic carbocycles. The van der Waals surface area contributed by atoms with Crippen LogP contribution in [0.2, 0.25) is 0 Å². The second kappa shape index (κ2) is 5.80. The van der Waals surface area contributed by atoms with E-state index in [-0.39, 0.29) is 6.04 Å². The first-order chi connectivity index (χ1) is 9.13. The van der Waals surface area contributed by atoms with Crippen molar-refractivity contribution in [3.05, 3.63) is 47.9 Å². The van der Waals surface area contributed by atoms with Crippen LogP contribution in [0.1, 0.15) is 24.3 Å². The quantitative estimate of drug-likeness (QED) is 0.898. The number of furan rings is 1. The summed E-state index contributed by atoms with van der Waals surface area (Å²) in [5, 5.41) is 0. The highest BCUT2D eigenvalue weighted by atomic mass is 16.5. The van der Waals surface area contributed by atoms with Crippen LogP contribution in [0.15, 0.2) is 41.0 Å². The average Bonchev–Trinajstić information content (AvgIpc) is 2.90. The van der Waals surface area contributed by atoms with Gasteiger partial charge in [0.15, 0.2) is 0 Å². The molecule has 1 atom stereocenters. The number of hydrogen-bond donors (Lipinski definition) is 1. The number of nitrogens with zero attached hydrogens (tertiary/aromatic N) is 1. The van der Waals surface area contributed by atoms with E-state index in [0.717, 1.165) is 22.8 Å². The molecule has 0 saturated heterocycles. The summed E-state index contributed by atoms with van der Waals surface area (Å²) < 4.78 is 10.8. The minimum absolute atomic E-state index is 0.0924. The van der Waals surface area contributed by atoms with Crippen LogP contribution < -0.4 is 15.4 Å². The lowest BCUT2D eigenvalue weighted by atomic mass is 10.0. The summed E-state index contributed by atoms with van der Waals surface area (Å²) in [6.07, 6.45) is 1.68. The van der Waals surface area contributed by atoms with Crippen LogP contribution in [-0.2, 0) is 6.54 Å². The Bertz CT molecular complexity index is 521. The molecular weight excluding hydrogens is 240 g/mol. The van der Waals surface area contributed by atoms with Crippen molar-refractivity contribution in [2.24, 2.45) is 5.73 Å². The Hall–Kier alpha value is -1.94. The Balaban J connectivity index is 2.32. The third-order valence-corrected chi connectivity index (χ3v) is 3.10. The van der Waals surface area contributed by atoms with Gasteiger partial charge in [-0.05, 0) is 31.2 Å². The first kappa shape index (κ1) is 13.5. The fraction of sp³-hybridized carbons (Fsp3) is 0.333. The van der Waals surface area contributed by atoms with Gasteiger partial charge in [-0.15, -0.1) is 0 Å². The van der Waals surface area contributed by atoms with Gasteiger partial charge in [0.2, 0.25) is 0 Å². The molecule has 2 rings (SSSR count). The number of ether oxygens (including phenoxy) is 1. The van der Waals surface area contributed by atoms with Crippen LogP contribution >= 0.6 is 0 Å². The van der Waals surface area contributed by atoms with Gasteiger partial charge in [0.05, 0.1) is 19.9 Å². The highest BCUT2D eigenvalue weighted by Crippen LogP contribution is 2.33. The number of rotatable bonds is 5. The number of nitrogens with two attached hydrogens (primary N) is 1. The third-order valence-electron chi connectivity index (χ3n) is 3.10. The highest BCUT2D eigenvalue weighted by molar-refractivity contribution is 5.60. The van der Waals surface area contributed by atoms with E-state index >= 15 is 0 Å². The van der Waals surface area contributed by atoms with Crippen LogP contribution in [0.4, 0.5) is 5.69 Å². The fourth-order valence-corrected chi connectivity index (χ4v) is 2.22. The van der Waals surface area contributed by atoms with Crippen LogP contribution in [0.3, 0.4) is 0 Å². The molecule has 4 nitrogen and oxygen atoms in total. The van der Waals surface area contributed by atoms with Crippen molar-refractivity contribution in [1.82, 2.24) is 0 Å². The molecular formula is C15H20N2O2. The molecule has 1 heterocycles. The minimum atomic E-state index is -0.0924. The Morgan fingerprint density at radius 3 is 2.68 bits per heavy atom. The van der Waals surface area contributed by atoms with Gasteiger partial charge in [0, 0.05) is 24.3 Å². The SMILES string of the molecule is COc1cccc(N(C)Cc2ccco2)c1[C@@H](C)N. The summed E-state index contributed by atoms with van der Waals surface area (Å²) in [5.74, 6) is 1.74. The van der Waals surface area contributed by atoms with Crippen LogP contribution in [0, 0.1) is 0 Å². The van der Waals surface area contributed by atoms with Crippen molar-refractivity contribution < 1.29 is 9.15 Å². The fourth-order valence-electron chi connectivity index (χ4n) is 2.22.